The number of benzene rings is 2. The molecule has 112 valence electrons. The van der Waals surface area contributed by atoms with Gasteiger partial charge in [-0.1, -0.05) is 59.3 Å². The molecule has 0 saturated heterocycles. The molecule has 1 heterocycles. The highest BCUT2D eigenvalue weighted by Gasteiger charge is 2.33. The van der Waals surface area contributed by atoms with Crippen molar-refractivity contribution in [2.75, 3.05) is 6.61 Å². The average Bonchev–Trinajstić information content (AvgIpc) is 2.56. The van der Waals surface area contributed by atoms with Crippen LogP contribution in [0.3, 0.4) is 0 Å². The maximum absolute atomic E-state index is 6.23. The zero-order chi connectivity index (χ0) is 15.1. The summed E-state index contributed by atoms with van der Waals surface area (Å²) in [4.78, 5) is 0. The summed E-state index contributed by atoms with van der Waals surface area (Å²) in [6, 6.07) is 17.4. The highest BCUT2D eigenvalue weighted by Crippen LogP contribution is 2.46. The largest absolute Gasteiger partial charge is 0.368 e. The Bertz CT molecular complexity index is 730. The number of fused-ring (bicyclic) bond motifs is 2. The Morgan fingerprint density at radius 1 is 1.00 bits per heavy atom. The van der Waals surface area contributed by atoms with Crippen LogP contribution in [0.1, 0.15) is 36.1 Å². The van der Waals surface area contributed by atoms with Crippen LogP contribution >= 0.6 is 15.9 Å². The summed E-state index contributed by atoms with van der Waals surface area (Å²) in [6.07, 6.45) is 2.35. The van der Waals surface area contributed by atoms with Crippen molar-refractivity contribution in [2.45, 2.75) is 25.9 Å². The van der Waals surface area contributed by atoms with Crippen LogP contribution in [0.5, 0.6) is 0 Å². The standard InChI is InChI=1S/C20H19BrO/c1-13-12-22-20(15-6-9-16(21)10-7-15)18-11-8-14-4-2-3-5-17(14)19(13)18/h2-7,9-10,13,20H,8,11-12H2,1H3/t13-,20-/m0/s1. The third kappa shape index (κ3) is 2.35. The van der Waals surface area contributed by atoms with Crippen molar-refractivity contribution in [2.24, 2.45) is 5.92 Å². The lowest BCUT2D eigenvalue weighted by Gasteiger charge is -2.37. The predicted molar refractivity (Wildman–Crippen MR) is 93.7 cm³/mol. The summed E-state index contributed by atoms with van der Waals surface area (Å²) in [7, 11) is 0. The summed E-state index contributed by atoms with van der Waals surface area (Å²) in [5.41, 5.74) is 7.22. The molecule has 2 aromatic carbocycles. The number of halogens is 1. The molecule has 2 aliphatic rings. The molecule has 0 aromatic heterocycles. The lowest BCUT2D eigenvalue weighted by molar-refractivity contribution is 0.0511. The predicted octanol–water partition coefficient (Wildman–Crippen LogP) is 5.56. The Kier molecular flexibility index (Phi) is 3.67. The van der Waals surface area contributed by atoms with Crippen molar-refractivity contribution < 1.29 is 4.74 Å². The molecule has 0 amide bonds. The van der Waals surface area contributed by atoms with Crippen molar-refractivity contribution >= 4 is 21.5 Å². The van der Waals surface area contributed by atoms with Crippen LogP contribution in [0.15, 0.2) is 58.6 Å². The van der Waals surface area contributed by atoms with Crippen LogP contribution in [0, 0.1) is 5.92 Å². The quantitative estimate of drug-likeness (QED) is 0.651. The van der Waals surface area contributed by atoms with Crippen LogP contribution < -0.4 is 0 Å². The van der Waals surface area contributed by atoms with Crippen LogP contribution in [0.25, 0.3) is 5.57 Å². The van der Waals surface area contributed by atoms with Gasteiger partial charge in [0.05, 0.1) is 6.61 Å². The maximum atomic E-state index is 6.23. The van der Waals surface area contributed by atoms with E-state index >= 15 is 0 Å². The minimum absolute atomic E-state index is 0.118. The molecule has 0 bridgehead atoms. The molecule has 1 aliphatic carbocycles. The minimum Gasteiger partial charge on any atom is -0.368 e. The smallest absolute Gasteiger partial charge is 0.104 e. The Labute approximate surface area is 140 Å². The highest BCUT2D eigenvalue weighted by molar-refractivity contribution is 9.10. The van der Waals surface area contributed by atoms with Gasteiger partial charge in [0.25, 0.3) is 0 Å². The molecule has 0 saturated carbocycles. The van der Waals surface area contributed by atoms with Gasteiger partial charge >= 0.3 is 0 Å². The zero-order valence-electron chi connectivity index (χ0n) is 12.7. The van der Waals surface area contributed by atoms with Crippen LogP contribution in [-0.2, 0) is 11.2 Å². The summed E-state index contributed by atoms with van der Waals surface area (Å²) in [6.45, 7) is 3.09. The Morgan fingerprint density at radius 2 is 1.77 bits per heavy atom. The summed E-state index contributed by atoms with van der Waals surface area (Å²) in [5, 5.41) is 0. The Balaban J connectivity index is 1.83. The third-order valence-corrected chi connectivity index (χ3v) is 5.34. The first kappa shape index (κ1) is 14.2. The summed E-state index contributed by atoms with van der Waals surface area (Å²) < 4.78 is 7.34. The fourth-order valence-electron chi connectivity index (χ4n) is 3.79. The molecule has 0 fully saturated rings. The van der Waals surface area contributed by atoms with E-state index in [1.54, 1.807) is 0 Å². The highest BCUT2D eigenvalue weighted by atomic mass is 79.9. The fraction of sp³-hybridized carbons (Fsp3) is 0.300. The van der Waals surface area contributed by atoms with Crippen LogP contribution in [-0.4, -0.2) is 6.61 Å². The molecule has 2 atom stereocenters. The number of rotatable bonds is 1. The van der Waals surface area contributed by atoms with E-state index in [1.807, 2.05) is 0 Å². The molecule has 2 heteroatoms. The van der Waals surface area contributed by atoms with Gasteiger partial charge < -0.3 is 4.74 Å². The van der Waals surface area contributed by atoms with Gasteiger partial charge in [0, 0.05) is 10.4 Å². The molecule has 1 aliphatic heterocycles. The monoisotopic (exact) mass is 354 g/mol. The van der Waals surface area contributed by atoms with E-state index in [4.69, 9.17) is 4.74 Å². The molecule has 4 rings (SSSR count). The van der Waals surface area contributed by atoms with Crippen molar-refractivity contribution in [3.8, 4) is 0 Å². The van der Waals surface area contributed by atoms with Gasteiger partial charge in [-0.15, -0.1) is 0 Å². The van der Waals surface area contributed by atoms with E-state index in [1.165, 1.54) is 27.8 Å². The van der Waals surface area contributed by atoms with E-state index in [2.05, 4.69) is 71.4 Å². The van der Waals surface area contributed by atoms with Crippen molar-refractivity contribution in [3.05, 3.63) is 75.3 Å². The molecule has 0 unspecified atom stereocenters. The average molecular weight is 355 g/mol. The van der Waals surface area contributed by atoms with Gasteiger partial charge in [0.2, 0.25) is 0 Å². The van der Waals surface area contributed by atoms with Gasteiger partial charge in [-0.25, -0.2) is 0 Å². The molecule has 22 heavy (non-hydrogen) atoms. The SMILES string of the molecule is C[C@H]1CO[C@@H](c2ccc(Br)cc2)C2=C1c1ccccc1CC2. The maximum Gasteiger partial charge on any atom is 0.104 e. The third-order valence-electron chi connectivity index (χ3n) is 4.81. The number of hydrogen-bond donors (Lipinski definition) is 0. The van der Waals surface area contributed by atoms with E-state index in [9.17, 15) is 0 Å². The van der Waals surface area contributed by atoms with Crippen molar-refractivity contribution in [1.82, 2.24) is 0 Å². The summed E-state index contributed by atoms with van der Waals surface area (Å²) in [5.74, 6) is 0.475. The second kappa shape index (κ2) is 5.68. The normalized spacial score (nSPS) is 23.9. The van der Waals surface area contributed by atoms with E-state index in [0.717, 1.165) is 23.9 Å². The number of aryl methyl sites for hydroxylation is 1. The van der Waals surface area contributed by atoms with Crippen molar-refractivity contribution in [1.29, 1.82) is 0 Å². The fourth-order valence-corrected chi connectivity index (χ4v) is 4.06. The lowest BCUT2D eigenvalue weighted by atomic mass is 9.76. The van der Waals surface area contributed by atoms with Gasteiger partial charge in [0.1, 0.15) is 6.10 Å². The van der Waals surface area contributed by atoms with E-state index in [0.29, 0.717) is 5.92 Å². The van der Waals surface area contributed by atoms with Crippen molar-refractivity contribution in [3.63, 3.8) is 0 Å². The number of hydrogen-bond acceptors (Lipinski definition) is 1. The first-order chi connectivity index (χ1) is 10.7. The van der Waals surface area contributed by atoms with Gasteiger partial charge in [0.15, 0.2) is 0 Å². The minimum atomic E-state index is 0.118. The van der Waals surface area contributed by atoms with Gasteiger partial charge in [-0.3, -0.25) is 0 Å². The molecule has 0 radical (unpaired) electrons. The molecular weight excluding hydrogens is 336 g/mol. The van der Waals surface area contributed by atoms with E-state index < -0.39 is 0 Å². The Morgan fingerprint density at radius 3 is 2.59 bits per heavy atom. The van der Waals surface area contributed by atoms with Crippen LogP contribution in [0.4, 0.5) is 0 Å². The Hall–Kier alpha value is -1.38. The van der Waals surface area contributed by atoms with Crippen LogP contribution in [0.2, 0.25) is 0 Å². The molecule has 1 nitrogen and oxygen atoms in total. The lowest BCUT2D eigenvalue weighted by Crippen LogP contribution is -2.25. The molecule has 0 N–H and O–H groups in total. The first-order valence-electron chi connectivity index (χ1n) is 7.92. The molecular formula is C20H19BrO. The van der Waals surface area contributed by atoms with Gasteiger partial charge in [-0.2, -0.15) is 0 Å². The second-order valence-corrected chi connectivity index (χ2v) is 7.18. The summed E-state index contributed by atoms with van der Waals surface area (Å²) >= 11 is 3.52. The molecule has 2 aromatic rings. The van der Waals surface area contributed by atoms with Gasteiger partial charge in [-0.05, 0) is 52.8 Å². The number of ether oxygens (including phenoxy) is 1. The van der Waals surface area contributed by atoms with E-state index in [-0.39, 0.29) is 6.10 Å². The zero-order valence-corrected chi connectivity index (χ0v) is 14.3. The molecule has 0 spiro atoms. The first-order valence-corrected chi connectivity index (χ1v) is 8.71. The topological polar surface area (TPSA) is 9.23 Å². The second-order valence-electron chi connectivity index (χ2n) is 6.26.